The van der Waals surface area contributed by atoms with Crippen LogP contribution in [0.15, 0.2) is 22.7 Å². The first-order valence-electron chi connectivity index (χ1n) is 5.34. The van der Waals surface area contributed by atoms with Crippen molar-refractivity contribution in [3.63, 3.8) is 0 Å². The van der Waals surface area contributed by atoms with Gasteiger partial charge in [0.15, 0.2) is 6.61 Å². The highest BCUT2D eigenvalue weighted by Gasteiger charge is 2.06. The number of aliphatic hydroxyl groups is 1. The predicted octanol–water partition coefficient (Wildman–Crippen LogP) is 1.84. The summed E-state index contributed by atoms with van der Waals surface area (Å²) in [4.78, 5) is 11.4. The molecule has 0 aliphatic rings. The fourth-order valence-corrected chi connectivity index (χ4v) is 1.65. The zero-order valence-corrected chi connectivity index (χ0v) is 11.5. The molecule has 1 rings (SSSR count). The van der Waals surface area contributed by atoms with Crippen LogP contribution in [0.25, 0.3) is 0 Å². The third-order valence-electron chi connectivity index (χ3n) is 2.01. The summed E-state index contributed by atoms with van der Waals surface area (Å²) < 4.78 is 6.14. The molecule has 0 bridgehead atoms. The lowest BCUT2D eigenvalue weighted by Gasteiger charge is -2.10. The first-order chi connectivity index (χ1) is 8.02. The van der Waals surface area contributed by atoms with E-state index in [1.807, 2.05) is 13.8 Å². The van der Waals surface area contributed by atoms with Crippen molar-refractivity contribution in [3.8, 4) is 5.75 Å². The normalized spacial score (nSPS) is 10.4. The van der Waals surface area contributed by atoms with Crippen LogP contribution in [0.3, 0.4) is 0 Å². The van der Waals surface area contributed by atoms with Crippen LogP contribution in [0.5, 0.6) is 5.75 Å². The molecule has 0 saturated heterocycles. The number of ether oxygens (including phenoxy) is 1. The Bertz CT molecular complexity index is 393. The van der Waals surface area contributed by atoms with Gasteiger partial charge in [0, 0.05) is 10.5 Å². The van der Waals surface area contributed by atoms with Gasteiger partial charge in [-0.3, -0.25) is 4.79 Å². The molecule has 1 aromatic carbocycles. The zero-order chi connectivity index (χ0) is 12.8. The molecule has 0 unspecified atom stereocenters. The molecule has 2 N–H and O–H groups in total. The highest BCUT2D eigenvalue weighted by molar-refractivity contribution is 9.10. The van der Waals surface area contributed by atoms with E-state index in [9.17, 15) is 4.79 Å². The van der Waals surface area contributed by atoms with Crippen LogP contribution in [-0.4, -0.2) is 23.7 Å². The van der Waals surface area contributed by atoms with Gasteiger partial charge in [0.25, 0.3) is 5.91 Å². The van der Waals surface area contributed by atoms with E-state index in [0.29, 0.717) is 5.75 Å². The predicted molar refractivity (Wildman–Crippen MR) is 68.8 cm³/mol. The molecule has 0 radical (unpaired) electrons. The molecule has 4 nitrogen and oxygen atoms in total. The van der Waals surface area contributed by atoms with E-state index >= 15 is 0 Å². The minimum atomic E-state index is -0.159. The van der Waals surface area contributed by atoms with Crippen LogP contribution in [0, 0.1) is 0 Å². The average molecular weight is 302 g/mol. The molecular weight excluding hydrogens is 286 g/mol. The van der Waals surface area contributed by atoms with Crippen molar-refractivity contribution in [1.29, 1.82) is 0 Å². The summed E-state index contributed by atoms with van der Waals surface area (Å²) in [6.07, 6.45) is 0. The van der Waals surface area contributed by atoms with E-state index in [1.165, 1.54) is 0 Å². The van der Waals surface area contributed by atoms with E-state index in [-0.39, 0.29) is 25.2 Å². The first-order valence-corrected chi connectivity index (χ1v) is 6.13. The molecule has 5 heteroatoms. The summed E-state index contributed by atoms with van der Waals surface area (Å²) in [5.74, 6) is 0.407. The summed E-state index contributed by atoms with van der Waals surface area (Å²) >= 11 is 3.31. The number of hydrogen-bond acceptors (Lipinski definition) is 3. The Morgan fingerprint density at radius 2 is 2.24 bits per heavy atom. The number of halogens is 1. The highest BCUT2D eigenvalue weighted by Crippen LogP contribution is 2.22. The Morgan fingerprint density at radius 1 is 1.53 bits per heavy atom. The molecule has 0 spiro atoms. The minimum Gasteiger partial charge on any atom is -0.484 e. The van der Waals surface area contributed by atoms with Crippen molar-refractivity contribution in [2.24, 2.45) is 0 Å². The van der Waals surface area contributed by atoms with E-state index in [1.54, 1.807) is 18.2 Å². The number of benzene rings is 1. The molecule has 1 amide bonds. The van der Waals surface area contributed by atoms with E-state index in [2.05, 4.69) is 21.2 Å². The number of amides is 1. The fraction of sp³-hybridized carbons (Fsp3) is 0.417. The van der Waals surface area contributed by atoms with Crippen molar-refractivity contribution in [1.82, 2.24) is 5.32 Å². The summed E-state index contributed by atoms with van der Waals surface area (Å²) in [7, 11) is 0. The Morgan fingerprint density at radius 3 is 2.82 bits per heavy atom. The highest BCUT2D eigenvalue weighted by atomic mass is 79.9. The monoisotopic (exact) mass is 301 g/mol. The van der Waals surface area contributed by atoms with Gasteiger partial charge in [-0.2, -0.15) is 0 Å². The van der Waals surface area contributed by atoms with Gasteiger partial charge in [-0.1, -0.05) is 15.9 Å². The summed E-state index contributed by atoms with van der Waals surface area (Å²) in [5, 5.41) is 11.8. The second-order valence-electron chi connectivity index (χ2n) is 3.92. The molecule has 94 valence electrons. The molecule has 1 aromatic rings. The summed E-state index contributed by atoms with van der Waals surface area (Å²) in [6, 6.07) is 5.32. The summed E-state index contributed by atoms with van der Waals surface area (Å²) in [6.45, 7) is 3.68. The Labute approximate surface area is 109 Å². The molecule has 0 atom stereocenters. The average Bonchev–Trinajstić information content (AvgIpc) is 2.27. The molecular formula is C12H16BrNO3. The maximum Gasteiger partial charge on any atom is 0.258 e. The zero-order valence-electron chi connectivity index (χ0n) is 9.87. The largest absolute Gasteiger partial charge is 0.484 e. The van der Waals surface area contributed by atoms with Gasteiger partial charge < -0.3 is 15.2 Å². The van der Waals surface area contributed by atoms with Crippen LogP contribution in [0.2, 0.25) is 0 Å². The number of carbonyl (C=O) groups excluding carboxylic acids is 1. The van der Waals surface area contributed by atoms with Gasteiger partial charge in [0.05, 0.1) is 6.61 Å². The van der Waals surface area contributed by atoms with Crippen LogP contribution in [-0.2, 0) is 11.4 Å². The molecule has 0 aliphatic heterocycles. The van der Waals surface area contributed by atoms with Crippen molar-refractivity contribution >= 4 is 21.8 Å². The van der Waals surface area contributed by atoms with Crippen LogP contribution >= 0.6 is 15.9 Å². The Balaban J connectivity index is 2.55. The maximum absolute atomic E-state index is 11.4. The van der Waals surface area contributed by atoms with Gasteiger partial charge in [0.2, 0.25) is 0 Å². The molecule has 17 heavy (non-hydrogen) atoms. The minimum absolute atomic E-state index is 0.0231. The lowest BCUT2D eigenvalue weighted by molar-refractivity contribution is -0.123. The smallest absolute Gasteiger partial charge is 0.258 e. The van der Waals surface area contributed by atoms with Crippen molar-refractivity contribution < 1.29 is 14.6 Å². The number of carbonyl (C=O) groups is 1. The van der Waals surface area contributed by atoms with Gasteiger partial charge in [0.1, 0.15) is 5.75 Å². The van der Waals surface area contributed by atoms with Crippen molar-refractivity contribution in [3.05, 3.63) is 28.2 Å². The first kappa shape index (κ1) is 14.0. The van der Waals surface area contributed by atoms with Crippen molar-refractivity contribution in [2.75, 3.05) is 6.61 Å². The van der Waals surface area contributed by atoms with E-state index < -0.39 is 0 Å². The fourth-order valence-electron chi connectivity index (χ4n) is 1.27. The maximum atomic E-state index is 11.4. The second kappa shape index (κ2) is 6.61. The van der Waals surface area contributed by atoms with Gasteiger partial charge >= 0.3 is 0 Å². The molecule has 0 aromatic heterocycles. The lowest BCUT2D eigenvalue weighted by atomic mass is 10.2. The Hall–Kier alpha value is -1.07. The van der Waals surface area contributed by atoms with Crippen LogP contribution in [0.1, 0.15) is 19.4 Å². The van der Waals surface area contributed by atoms with Gasteiger partial charge in [-0.15, -0.1) is 0 Å². The van der Waals surface area contributed by atoms with Gasteiger partial charge in [-0.25, -0.2) is 0 Å². The topological polar surface area (TPSA) is 58.6 Å². The number of rotatable bonds is 5. The molecule has 0 aliphatic carbocycles. The summed E-state index contributed by atoms with van der Waals surface area (Å²) in [5.41, 5.74) is 0.728. The molecule has 0 fully saturated rings. The van der Waals surface area contributed by atoms with Gasteiger partial charge in [-0.05, 0) is 37.6 Å². The third kappa shape index (κ3) is 4.75. The number of hydrogen-bond donors (Lipinski definition) is 2. The van der Waals surface area contributed by atoms with E-state index in [4.69, 9.17) is 9.84 Å². The SMILES string of the molecule is CC(C)NC(=O)COc1ccc(Br)c(CO)c1. The number of aliphatic hydroxyl groups excluding tert-OH is 1. The van der Waals surface area contributed by atoms with E-state index in [0.717, 1.165) is 10.0 Å². The van der Waals surface area contributed by atoms with Crippen LogP contribution in [0.4, 0.5) is 0 Å². The molecule has 0 heterocycles. The third-order valence-corrected chi connectivity index (χ3v) is 2.78. The quantitative estimate of drug-likeness (QED) is 0.872. The van der Waals surface area contributed by atoms with Crippen LogP contribution < -0.4 is 10.1 Å². The lowest BCUT2D eigenvalue weighted by Crippen LogP contribution is -2.34. The molecule has 0 saturated carbocycles. The number of nitrogens with one attached hydrogen (secondary N) is 1. The standard InChI is InChI=1S/C12H16BrNO3/c1-8(2)14-12(16)7-17-10-3-4-11(13)9(5-10)6-15/h3-5,8,15H,6-7H2,1-2H3,(H,14,16). The second-order valence-corrected chi connectivity index (χ2v) is 4.78. The van der Waals surface area contributed by atoms with Crippen molar-refractivity contribution in [2.45, 2.75) is 26.5 Å². The Kier molecular flexibility index (Phi) is 5.44.